The van der Waals surface area contributed by atoms with Gasteiger partial charge in [-0.25, -0.2) is 4.98 Å². The smallest absolute Gasteiger partial charge is 0.207 e. The summed E-state index contributed by atoms with van der Waals surface area (Å²) in [6.07, 6.45) is 1.08. The van der Waals surface area contributed by atoms with Crippen LogP contribution in [0.3, 0.4) is 0 Å². The summed E-state index contributed by atoms with van der Waals surface area (Å²) < 4.78 is 2.23. The second-order valence-electron chi connectivity index (χ2n) is 8.58. The number of hydrogen-bond donors (Lipinski definition) is 0. The average molecular weight is 333 g/mol. The molecule has 3 nitrogen and oxygen atoms in total. The van der Waals surface area contributed by atoms with Crippen molar-refractivity contribution in [1.82, 2.24) is 9.55 Å². The SMILES string of the molecule is Cn1c(N2Cc3ccccc3C(C)(C)CC2(C)C)nc2ccccc21. The molecule has 1 aliphatic heterocycles. The van der Waals surface area contributed by atoms with Crippen molar-refractivity contribution in [2.75, 3.05) is 4.90 Å². The van der Waals surface area contributed by atoms with Crippen molar-refractivity contribution < 1.29 is 0 Å². The number of para-hydroxylation sites is 2. The number of anilines is 1. The van der Waals surface area contributed by atoms with Gasteiger partial charge in [0, 0.05) is 19.1 Å². The topological polar surface area (TPSA) is 21.1 Å². The maximum atomic E-state index is 4.98. The Hall–Kier alpha value is -2.29. The first kappa shape index (κ1) is 16.2. The minimum absolute atomic E-state index is 0.0116. The molecule has 4 rings (SSSR count). The highest BCUT2D eigenvalue weighted by atomic mass is 15.3. The van der Waals surface area contributed by atoms with Crippen LogP contribution in [0.25, 0.3) is 11.0 Å². The van der Waals surface area contributed by atoms with Gasteiger partial charge in [-0.3, -0.25) is 0 Å². The normalized spacial score (nSPS) is 18.8. The van der Waals surface area contributed by atoms with Crippen molar-refractivity contribution >= 4 is 17.0 Å². The zero-order chi connectivity index (χ0) is 17.8. The number of aryl methyl sites for hydroxylation is 1. The fourth-order valence-corrected chi connectivity index (χ4v) is 4.69. The van der Waals surface area contributed by atoms with Crippen molar-refractivity contribution in [1.29, 1.82) is 0 Å². The lowest BCUT2D eigenvalue weighted by molar-refractivity contribution is 0.336. The minimum atomic E-state index is 0.0116. The summed E-state index contributed by atoms with van der Waals surface area (Å²) in [5.74, 6) is 1.05. The molecule has 1 aliphatic rings. The molecule has 3 heteroatoms. The summed E-state index contributed by atoms with van der Waals surface area (Å²) in [6.45, 7) is 10.3. The molecule has 0 radical (unpaired) electrons. The minimum Gasteiger partial charge on any atom is -0.333 e. The highest BCUT2D eigenvalue weighted by Crippen LogP contribution is 2.42. The van der Waals surface area contributed by atoms with Crippen molar-refractivity contribution in [2.24, 2.45) is 7.05 Å². The summed E-state index contributed by atoms with van der Waals surface area (Å²) in [7, 11) is 2.13. The van der Waals surface area contributed by atoms with E-state index in [1.165, 1.54) is 16.6 Å². The second-order valence-corrected chi connectivity index (χ2v) is 8.58. The van der Waals surface area contributed by atoms with Crippen molar-refractivity contribution in [3.63, 3.8) is 0 Å². The van der Waals surface area contributed by atoms with Gasteiger partial charge in [-0.1, -0.05) is 50.2 Å². The Labute approximate surface area is 150 Å². The van der Waals surface area contributed by atoms with Crippen LogP contribution >= 0.6 is 0 Å². The van der Waals surface area contributed by atoms with E-state index in [4.69, 9.17) is 4.98 Å². The summed E-state index contributed by atoms with van der Waals surface area (Å²) in [4.78, 5) is 7.47. The maximum Gasteiger partial charge on any atom is 0.207 e. The summed E-state index contributed by atoms with van der Waals surface area (Å²) in [6, 6.07) is 17.3. The Morgan fingerprint density at radius 1 is 0.920 bits per heavy atom. The van der Waals surface area contributed by atoms with Crippen LogP contribution < -0.4 is 4.90 Å². The summed E-state index contributed by atoms with van der Waals surface area (Å²) in [5.41, 5.74) is 5.27. The molecule has 0 bridgehead atoms. The molecule has 0 unspecified atom stereocenters. The zero-order valence-corrected chi connectivity index (χ0v) is 15.9. The van der Waals surface area contributed by atoms with Crippen molar-refractivity contribution in [3.05, 3.63) is 59.7 Å². The van der Waals surface area contributed by atoms with Crippen LogP contribution in [-0.4, -0.2) is 15.1 Å². The molecule has 0 saturated heterocycles. The lowest BCUT2D eigenvalue weighted by atomic mass is 9.75. The molecule has 1 aromatic heterocycles. The van der Waals surface area contributed by atoms with E-state index in [2.05, 4.69) is 92.7 Å². The van der Waals surface area contributed by atoms with E-state index in [9.17, 15) is 0 Å². The number of imidazole rings is 1. The van der Waals surface area contributed by atoms with Gasteiger partial charge in [0.15, 0.2) is 0 Å². The molecular weight excluding hydrogens is 306 g/mol. The van der Waals surface area contributed by atoms with Gasteiger partial charge in [0.25, 0.3) is 0 Å². The van der Waals surface area contributed by atoms with E-state index < -0.39 is 0 Å². The maximum absolute atomic E-state index is 4.98. The van der Waals surface area contributed by atoms with Crippen LogP contribution in [0.4, 0.5) is 5.95 Å². The largest absolute Gasteiger partial charge is 0.333 e. The highest BCUT2D eigenvalue weighted by molar-refractivity contribution is 5.78. The molecule has 0 N–H and O–H groups in total. The monoisotopic (exact) mass is 333 g/mol. The van der Waals surface area contributed by atoms with Gasteiger partial charge in [-0.2, -0.15) is 0 Å². The highest BCUT2D eigenvalue weighted by Gasteiger charge is 2.40. The standard InChI is InChI=1S/C22H27N3/c1-21(2)15-22(3,4)25(14-16-10-6-7-11-17(16)21)20-23-18-12-8-9-13-19(18)24(20)5/h6-13H,14-15H2,1-5H3. The van der Waals surface area contributed by atoms with E-state index in [0.717, 1.165) is 24.4 Å². The average Bonchev–Trinajstić information content (AvgIpc) is 2.85. The predicted molar refractivity (Wildman–Crippen MR) is 105 cm³/mol. The number of rotatable bonds is 1. The number of benzene rings is 2. The Bertz CT molecular complexity index is 933. The molecule has 0 aliphatic carbocycles. The summed E-state index contributed by atoms with van der Waals surface area (Å²) in [5, 5.41) is 0. The molecule has 0 spiro atoms. The quantitative estimate of drug-likeness (QED) is 0.622. The van der Waals surface area contributed by atoms with Crippen molar-refractivity contribution in [2.45, 2.75) is 51.6 Å². The molecule has 130 valence electrons. The van der Waals surface area contributed by atoms with Crippen LogP contribution in [0, 0.1) is 0 Å². The van der Waals surface area contributed by atoms with Crippen LogP contribution in [0.2, 0.25) is 0 Å². The third-order valence-corrected chi connectivity index (χ3v) is 5.69. The Morgan fingerprint density at radius 3 is 2.36 bits per heavy atom. The number of hydrogen-bond acceptors (Lipinski definition) is 2. The first-order valence-electron chi connectivity index (χ1n) is 9.07. The molecular formula is C22H27N3. The summed E-state index contributed by atoms with van der Waals surface area (Å²) >= 11 is 0. The Balaban J connectivity index is 1.90. The van der Waals surface area contributed by atoms with E-state index in [1.807, 2.05) is 0 Å². The van der Waals surface area contributed by atoms with Crippen LogP contribution in [-0.2, 0) is 19.0 Å². The molecule has 0 atom stereocenters. The molecule has 0 fully saturated rings. The third kappa shape index (κ3) is 2.53. The Morgan fingerprint density at radius 2 is 1.60 bits per heavy atom. The molecule has 0 saturated carbocycles. The Kier molecular flexibility index (Phi) is 3.47. The van der Waals surface area contributed by atoms with E-state index in [0.29, 0.717) is 0 Å². The number of fused-ring (bicyclic) bond motifs is 2. The van der Waals surface area contributed by atoms with Crippen molar-refractivity contribution in [3.8, 4) is 0 Å². The van der Waals surface area contributed by atoms with Gasteiger partial charge in [-0.15, -0.1) is 0 Å². The van der Waals surface area contributed by atoms with Gasteiger partial charge >= 0.3 is 0 Å². The number of aromatic nitrogens is 2. The van der Waals surface area contributed by atoms with Crippen LogP contribution in [0.5, 0.6) is 0 Å². The van der Waals surface area contributed by atoms with E-state index in [-0.39, 0.29) is 11.0 Å². The molecule has 3 aromatic rings. The molecule has 2 heterocycles. The lowest BCUT2D eigenvalue weighted by Gasteiger charge is -2.41. The zero-order valence-electron chi connectivity index (χ0n) is 15.9. The lowest BCUT2D eigenvalue weighted by Crippen LogP contribution is -2.46. The fraction of sp³-hybridized carbons (Fsp3) is 0.409. The fourth-order valence-electron chi connectivity index (χ4n) is 4.69. The second kappa shape index (κ2) is 5.35. The predicted octanol–water partition coefficient (Wildman–Crippen LogP) is 5.04. The first-order chi connectivity index (χ1) is 11.8. The molecule has 2 aromatic carbocycles. The van der Waals surface area contributed by atoms with Gasteiger partial charge in [-0.05, 0) is 48.9 Å². The third-order valence-electron chi connectivity index (χ3n) is 5.69. The van der Waals surface area contributed by atoms with Gasteiger partial charge in [0.05, 0.1) is 11.0 Å². The number of nitrogens with zero attached hydrogens (tertiary/aromatic N) is 3. The van der Waals surface area contributed by atoms with E-state index in [1.54, 1.807) is 0 Å². The van der Waals surface area contributed by atoms with E-state index >= 15 is 0 Å². The van der Waals surface area contributed by atoms with Crippen LogP contribution in [0.15, 0.2) is 48.5 Å². The molecule has 0 amide bonds. The van der Waals surface area contributed by atoms with Gasteiger partial charge in [0.1, 0.15) is 0 Å². The van der Waals surface area contributed by atoms with Gasteiger partial charge < -0.3 is 9.47 Å². The van der Waals surface area contributed by atoms with Crippen LogP contribution in [0.1, 0.15) is 45.2 Å². The first-order valence-corrected chi connectivity index (χ1v) is 9.07. The van der Waals surface area contributed by atoms with Gasteiger partial charge in [0.2, 0.25) is 5.95 Å². The molecule has 25 heavy (non-hydrogen) atoms.